The molecule has 12 heteroatoms. The smallest absolute Gasteiger partial charge is 0.416 e. The van der Waals surface area contributed by atoms with E-state index in [0.717, 1.165) is 63.8 Å². The second kappa shape index (κ2) is 11.5. The number of benzene rings is 1. The number of amides is 3. The number of alkyl halides is 3. The number of likely N-dealkylation sites (tertiary alicyclic amines) is 1. The van der Waals surface area contributed by atoms with Gasteiger partial charge < -0.3 is 20.3 Å². The molecule has 0 saturated carbocycles. The van der Waals surface area contributed by atoms with Gasteiger partial charge in [0.05, 0.1) is 25.4 Å². The van der Waals surface area contributed by atoms with Gasteiger partial charge in [-0.25, -0.2) is 4.79 Å². The minimum Gasteiger partial charge on any atom is -0.453 e. The standard InChI is InChI=1S/C22H30F3N5O4/c1-34-21(33)30-12-9-28(10-13-30)8-11-29-7-3-6-18(29)27-19(31)15-26-20(32)16-4-2-5-17(14-16)22(23,24)25/h2,4-5,14,18H,3,6-13,15H2,1H3,(H,26,32)(H,27,31). The van der Waals surface area contributed by atoms with Crippen molar-refractivity contribution in [3.63, 3.8) is 0 Å². The van der Waals surface area contributed by atoms with E-state index in [4.69, 9.17) is 4.74 Å². The Morgan fingerprint density at radius 3 is 2.50 bits per heavy atom. The first-order valence-electron chi connectivity index (χ1n) is 11.2. The number of nitrogens with one attached hydrogen (secondary N) is 2. The molecule has 0 bridgehead atoms. The lowest BCUT2D eigenvalue weighted by Gasteiger charge is -2.35. The average molecular weight is 486 g/mol. The first-order chi connectivity index (χ1) is 16.2. The van der Waals surface area contributed by atoms with E-state index in [2.05, 4.69) is 20.4 Å². The van der Waals surface area contributed by atoms with Gasteiger partial charge in [-0.15, -0.1) is 0 Å². The van der Waals surface area contributed by atoms with Crippen LogP contribution in [0.3, 0.4) is 0 Å². The molecule has 9 nitrogen and oxygen atoms in total. The van der Waals surface area contributed by atoms with Gasteiger partial charge in [0.25, 0.3) is 5.91 Å². The Hall–Kier alpha value is -2.86. The summed E-state index contributed by atoms with van der Waals surface area (Å²) in [4.78, 5) is 42.2. The lowest BCUT2D eigenvalue weighted by Crippen LogP contribution is -2.52. The molecule has 0 aliphatic carbocycles. The maximum Gasteiger partial charge on any atom is 0.416 e. The highest BCUT2D eigenvalue weighted by Gasteiger charge is 2.31. The molecule has 0 spiro atoms. The number of nitrogens with zero attached hydrogens (tertiary/aromatic N) is 3. The number of piperazine rings is 1. The second-order valence-corrected chi connectivity index (χ2v) is 8.32. The fourth-order valence-electron chi connectivity index (χ4n) is 4.15. The molecule has 34 heavy (non-hydrogen) atoms. The van der Waals surface area contributed by atoms with Crippen LogP contribution in [0.2, 0.25) is 0 Å². The molecule has 2 N–H and O–H groups in total. The van der Waals surface area contributed by atoms with Crippen LogP contribution in [-0.4, -0.2) is 98.2 Å². The summed E-state index contributed by atoms with van der Waals surface area (Å²) in [5.41, 5.74) is -1.07. The molecule has 188 valence electrons. The lowest BCUT2D eigenvalue weighted by atomic mass is 10.1. The zero-order valence-corrected chi connectivity index (χ0v) is 19.1. The highest BCUT2D eigenvalue weighted by Crippen LogP contribution is 2.29. The number of methoxy groups -OCH3 is 1. The van der Waals surface area contributed by atoms with Crippen molar-refractivity contribution in [1.82, 2.24) is 25.3 Å². The molecule has 2 aliphatic heterocycles. The van der Waals surface area contributed by atoms with Crippen LogP contribution in [0.15, 0.2) is 24.3 Å². The zero-order valence-electron chi connectivity index (χ0n) is 19.1. The number of hydrogen-bond acceptors (Lipinski definition) is 6. The van der Waals surface area contributed by atoms with Gasteiger partial charge in [0.2, 0.25) is 5.91 Å². The molecule has 1 unspecified atom stereocenters. The lowest BCUT2D eigenvalue weighted by molar-refractivity contribution is -0.137. The molecule has 0 radical (unpaired) electrons. The molecule has 0 aromatic heterocycles. The van der Waals surface area contributed by atoms with E-state index >= 15 is 0 Å². The second-order valence-electron chi connectivity index (χ2n) is 8.32. The fourth-order valence-corrected chi connectivity index (χ4v) is 4.15. The maximum absolute atomic E-state index is 12.8. The number of halogens is 3. The third-order valence-electron chi connectivity index (χ3n) is 6.06. The van der Waals surface area contributed by atoms with Crippen LogP contribution < -0.4 is 10.6 Å². The minimum absolute atomic E-state index is 0.155. The average Bonchev–Trinajstić information content (AvgIpc) is 3.27. The van der Waals surface area contributed by atoms with Crippen LogP contribution >= 0.6 is 0 Å². The number of carbonyl (C=O) groups is 3. The summed E-state index contributed by atoms with van der Waals surface area (Å²) in [6, 6.07) is 4.07. The van der Waals surface area contributed by atoms with Crippen LogP contribution in [0.4, 0.5) is 18.0 Å². The van der Waals surface area contributed by atoms with Crippen LogP contribution in [0.25, 0.3) is 0 Å². The molecule has 1 atom stereocenters. The van der Waals surface area contributed by atoms with Crippen molar-refractivity contribution in [2.75, 3.05) is 59.5 Å². The van der Waals surface area contributed by atoms with Crippen molar-refractivity contribution < 1.29 is 32.3 Å². The van der Waals surface area contributed by atoms with Crippen molar-refractivity contribution in [2.45, 2.75) is 25.2 Å². The normalized spacial score (nSPS) is 19.6. The minimum atomic E-state index is -4.55. The van der Waals surface area contributed by atoms with Gasteiger partial charge in [0.1, 0.15) is 0 Å². The molecule has 2 heterocycles. The van der Waals surface area contributed by atoms with E-state index in [-0.39, 0.29) is 24.4 Å². The summed E-state index contributed by atoms with van der Waals surface area (Å²) in [5, 5.41) is 5.27. The third kappa shape index (κ3) is 7.07. The highest BCUT2D eigenvalue weighted by atomic mass is 19.4. The molecule has 3 rings (SSSR count). The van der Waals surface area contributed by atoms with Crippen molar-refractivity contribution >= 4 is 17.9 Å². The Kier molecular flexibility index (Phi) is 8.72. The topological polar surface area (TPSA) is 94.2 Å². The van der Waals surface area contributed by atoms with Crippen molar-refractivity contribution in [2.24, 2.45) is 0 Å². The van der Waals surface area contributed by atoms with Gasteiger partial charge in [0, 0.05) is 51.4 Å². The predicted molar refractivity (Wildman–Crippen MR) is 117 cm³/mol. The first kappa shape index (κ1) is 25.8. The fraction of sp³-hybridized carbons (Fsp3) is 0.591. The van der Waals surface area contributed by atoms with Gasteiger partial charge in [-0.2, -0.15) is 13.2 Å². The molecular weight excluding hydrogens is 455 g/mol. The molecule has 2 fully saturated rings. The Bertz CT molecular complexity index is 874. The van der Waals surface area contributed by atoms with Gasteiger partial charge in [0.15, 0.2) is 0 Å². The Balaban J connectivity index is 1.40. The molecule has 1 aromatic carbocycles. The quantitative estimate of drug-likeness (QED) is 0.606. The van der Waals surface area contributed by atoms with E-state index in [1.807, 2.05) is 0 Å². The van der Waals surface area contributed by atoms with Crippen molar-refractivity contribution in [1.29, 1.82) is 0 Å². The predicted octanol–water partition coefficient (Wildman–Crippen LogP) is 1.36. The molecule has 2 aliphatic rings. The summed E-state index contributed by atoms with van der Waals surface area (Å²) in [5.74, 6) is -1.14. The number of carbonyl (C=O) groups excluding carboxylic acids is 3. The first-order valence-corrected chi connectivity index (χ1v) is 11.2. The van der Waals surface area contributed by atoms with Crippen LogP contribution in [-0.2, 0) is 15.7 Å². The van der Waals surface area contributed by atoms with Crippen LogP contribution in [0.1, 0.15) is 28.8 Å². The van der Waals surface area contributed by atoms with Gasteiger partial charge >= 0.3 is 12.3 Å². The molecular formula is C22H30F3N5O4. The van der Waals surface area contributed by atoms with Crippen LogP contribution in [0.5, 0.6) is 0 Å². The summed E-state index contributed by atoms with van der Waals surface area (Å²) in [7, 11) is 1.37. The Labute approximate surface area is 196 Å². The van der Waals surface area contributed by atoms with Gasteiger partial charge in [-0.1, -0.05) is 6.07 Å². The van der Waals surface area contributed by atoms with E-state index < -0.39 is 23.6 Å². The van der Waals surface area contributed by atoms with Crippen molar-refractivity contribution in [3.05, 3.63) is 35.4 Å². The van der Waals surface area contributed by atoms with E-state index in [1.165, 1.54) is 13.2 Å². The summed E-state index contributed by atoms with van der Waals surface area (Å²) in [6.07, 6.45) is -3.31. The summed E-state index contributed by atoms with van der Waals surface area (Å²) >= 11 is 0. The van der Waals surface area contributed by atoms with E-state index in [0.29, 0.717) is 13.1 Å². The molecule has 3 amide bonds. The number of rotatable bonds is 7. The molecule has 2 saturated heterocycles. The third-order valence-corrected chi connectivity index (χ3v) is 6.06. The van der Waals surface area contributed by atoms with Gasteiger partial charge in [-0.05, 0) is 31.0 Å². The highest BCUT2D eigenvalue weighted by molar-refractivity contribution is 5.96. The SMILES string of the molecule is COC(=O)N1CCN(CCN2CCCC2NC(=O)CNC(=O)c2cccc(C(F)(F)F)c2)CC1. The Morgan fingerprint density at radius 1 is 1.09 bits per heavy atom. The largest absolute Gasteiger partial charge is 0.453 e. The summed E-state index contributed by atoms with van der Waals surface area (Å²) in [6.45, 7) is 4.78. The van der Waals surface area contributed by atoms with E-state index in [9.17, 15) is 27.6 Å². The summed E-state index contributed by atoms with van der Waals surface area (Å²) < 4.78 is 43.2. The maximum atomic E-state index is 12.8. The zero-order chi connectivity index (χ0) is 24.7. The Morgan fingerprint density at radius 2 is 1.82 bits per heavy atom. The molecule has 1 aromatic rings. The van der Waals surface area contributed by atoms with Crippen LogP contribution in [0, 0.1) is 0 Å². The number of ether oxygens (including phenoxy) is 1. The van der Waals surface area contributed by atoms with Gasteiger partial charge in [-0.3, -0.25) is 19.4 Å². The van der Waals surface area contributed by atoms with Crippen molar-refractivity contribution in [3.8, 4) is 0 Å². The monoisotopic (exact) mass is 485 g/mol. The van der Waals surface area contributed by atoms with E-state index in [1.54, 1.807) is 4.90 Å². The number of hydrogen-bond donors (Lipinski definition) is 2.